The molecule has 2 aliphatic heterocycles. The minimum atomic E-state index is -4.57. The van der Waals surface area contributed by atoms with Gasteiger partial charge in [-0.3, -0.25) is 19.8 Å². The summed E-state index contributed by atoms with van der Waals surface area (Å²) >= 11 is 12.6. The van der Waals surface area contributed by atoms with Gasteiger partial charge in [0.15, 0.2) is 0 Å². The summed E-state index contributed by atoms with van der Waals surface area (Å²) in [5.41, 5.74) is 4.76. The van der Waals surface area contributed by atoms with E-state index < -0.39 is 31.4 Å². The lowest BCUT2D eigenvalue weighted by molar-refractivity contribution is -0.384. The van der Waals surface area contributed by atoms with Crippen LogP contribution in [0.25, 0.3) is 5.57 Å². The fraction of sp³-hybridized carbons (Fsp3) is 0.409. The number of nitro benzene ring substituents is 1. The van der Waals surface area contributed by atoms with Crippen LogP contribution >= 0.6 is 23.2 Å². The van der Waals surface area contributed by atoms with Crippen molar-refractivity contribution < 1.29 is 27.6 Å². The van der Waals surface area contributed by atoms with E-state index in [0.29, 0.717) is 38.7 Å². The van der Waals surface area contributed by atoms with E-state index >= 15 is 0 Å². The van der Waals surface area contributed by atoms with E-state index in [4.69, 9.17) is 32.7 Å². The lowest BCUT2D eigenvalue weighted by Crippen LogP contribution is -2.47. The van der Waals surface area contributed by atoms with E-state index in [1.54, 1.807) is 25.2 Å². The van der Waals surface area contributed by atoms with Gasteiger partial charge in [-0.1, -0.05) is 54.8 Å². The number of anilines is 3. The fourth-order valence-electron chi connectivity index (χ4n) is 8.08. The van der Waals surface area contributed by atoms with Crippen molar-refractivity contribution in [2.75, 3.05) is 75.1 Å². The molecule has 0 atom stereocenters. The number of nitrogens with one attached hydrogen (secondary N) is 3. The van der Waals surface area contributed by atoms with Crippen LogP contribution in [0.3, 0.4) is 0 Å². The average Bonchev–Trinajstić information content (AvgIpc) is 3.24. The van der Waals surface area contributed by atoms with E-state index in [1.807, 2.05) is 12.1 Å². The van der Waals surface area contributed by atoms with Crippen LogP contribution in [-0.4, -0.2) is 88.7 Å². The van der Waals surface area contributed by atoms with Gasteiger partial charge in [0.25, 0.3) is 21.6 Å². The van der Waals surface area contributed by atoms with Gasteiger partial charge in [0.05, 0.1) is 26.6 Å². The Labute approximate surface area is 366 Å². The number of allylic oxidation sites excluding steroid dienone is 1. The number of nitro groups is 1. The molecule has 0 spiro atoms. The minimum absolute atomic E-state index is 0.0731. The van der Waals surface area contributed by atoms with Crippen LogP contribution in [0, 0.1) is 21.4 Å². The lowest BCUT2D eigenvalue weighted by atomic mass is 9.72. The number of piperazine rings is 1. The second-order valence-electron chi connectivity index (χ2n) is 16.5. The number of hydrogen-bond donors (Lipinski definition) is 3. The van der Waals surface area contributed by atoms with Crippen LogP contribution in [0.2, 0.25) is 10.0 Å². The summed E-state index contributed by atoms with van der Waals surface area (Å²) in [6.07, 6.45) is 6.25. The average molecular weight is 893 g/mol. The molecule has 14 nitrogen and oxygen atoms in total. The van der Waals surface area contributed by atoms with Crippen LogP contribution in [-0.2, 0) is 14.8 Å². The van der Waals surface area contributed by atoms with Crippen molar-refractivity contribution in [3.8, 4) is 11.5 Å². The first-order valence-electron chi connectivity index (χ1n) is 20.4. The molecule has 4 aromatic rings. The predicted molar refractivity (Wildman–Crippen MR) is 240 cm³/mol. The highest BCUT2D eigenvalue weighted by atomic mass is 35.5. The Balaban J connectivity index is 1.09. The van der Waals surface area contributed by atoms with Crippen molar-refractivity contribution >= 4 is 67.6 Å². The third kappa shape index (κ3) is 10.9. The zero-order valence-corrected chi connectivity index (χ0v) is 36.8. The number of amides is 1. The number of halogens is 2. The molecule has 0 saturated carbocycles. The maximum absolute atomic E-state index is 13.9. The zero-order valence-electron chi connectivity index (χ0n) is 34.5. The number of ether oxygens (including phenoxy) is 2. The Bertz CT molecular complexity index is 2400. The number of aromatic nitrogens is 1. The summed E-state index contributed by atoms with van der Waals surface area (Å²) in [4.78, 5) is 33.8. The van der Waals surface area contributed by atoms with Crippen molar-refractivity contribution in [2.24, 2.45) is 11.3 Å². The number of benzene rings is 3. The smallest absolute Gasteiger partial charge is 0.293 e. The number of rotatable bonds is 14. The van der Waals surface area contributed by atoms with Crippen LogP contribution in [0.4, 0.5) is 22.9 Å². The topological polar surface area (TPSA) is 168 Å². The summed E-state index contributed by atoms with van der Waals surface area (Å²) < 4.78 is 41.0. The number of nitrogens with zero attached hydrogens (tertiary/aromatic N) is 4. The Hall–Kier alpha value is -4.93. The van der Waals surface area contributed by atoms with Gasteiger partial charge in [-0.2, -0.15) is 0 Å². The first-order chi connectivity index (χ1) is 29.2. The molecule has 3 heterocycles. The maximum atomic E-state index is 13.9. The first-order valence-corrected chi connectivity index (χ1v) is 22.7. The van der Waals surface area contributed by atoms with Gasteiger partial charge < -0.3 is 25.0 Å². The predicted octanol–water partition coefficient (Wildman–Crippen LogP) is 8.87. The highest BCUT2D eigenvalue weighted by molar-refractivity contribution is 7.90. The Kier molecular flexibility index (Phi) is 13.7. The summed E-state index contributed by atoms with van der Waals surface area (Å²) in [7, 11) is -2.89. The number of carbonyl (C=O) groups excluding carboxylic acids is 1. The summed E-state index contributed by atoms with van der Waals surface area (Å²) in [6, 6.07) is 18.2. The quantitative estimate of drug-likeness (QED) is 0.0814. The van der Waals surface area contributed by atoms with Gasteiger partial charge >= 0.3 is 0 Å². The second-order valence-corrected chi connectivity index (χ2v) is 19.1. The molecular weight excluding hydrogens is 841 g/mol. The molecule has 3 aliphatic rings. The molecule has 61 heavy (non-hydrogen) atoms. The molecule has 0 bridgehead atoms. The molecule has 1 aliphatic carbocycles. The molecule has 3 N–H and O–H groups in total. The Morgan fingerprint density at radius 1 is 1.02 bits per heavy atom. The first kappa shape index (κ1) is 44.1. The van der Waals surface area contributed by atoms with Crippen LogP contribution in [0.1, 0.15) is 61.9 Å². The lowest BCUT2D eigenvalue weighted by Gasteiger charge is -2.39. The molecule has 324 valence electrons. The van der Waals surface area contributed by atoms with Crippen molar-refractivity contribution in [3.63, 3.8) is 0 Å². The van der Waals surface area contributed by atoms with E-state index in [0.717, 1.165) is 68.5 Å². The fourth-order valence-corrected chi connectivity index (χ4v) is 9.45. The summed E-state index contributed by atoms with van der Waals surface area (Å²) in [6.45, 7) is 10.3. The molecule has 2 fully saturated rings. The van der Waals surface area contributed by atoms with E-state index in [9.17, 15) is 23.3 Å². The van der Waals surface area contributed by atoms with Gasteiger partial charge in [0, 0.05) is 88.4 Å². The van der Waals surface area contributed by atoms with Crippen molar-refractivity contribution in [3.05, 3.63) is 110 Å². The molecule has 0 unspecified atom stereocenters. The number of hydrogen-bond acceptors (Lipinski definition) is 12. The van der Waals surface area contributed by atoms with Gasteiger partial charge in [-0.25, -0.2) is 18.1 Å². The molecule has 0 radical (unpaired) electrons. The van der Waals surface area contributed by atoms with E-state index in [2.05, 4.69) is 56.1 Å². The molecule has 3 aromatic carbocycles. The van der Waals surface area contributed by atoms with Crippen molar-refractivity contribution in [1.82, 2.24) is 14.6 Å². The monoisotopic (exact) mass is 891 g/mol. The van der Waals surface area contributed by atoms with Gasteiger partial charge in [-0.05, 0) is 91.0 Å². The molecule has 2 saturated heterocycles. The SMILES string of the molecule is CNc1ncc(Oc2cc(N3CCN(CC4=C(c5ccc(Cl)cc5)CC(C)(C)CC4)CC3)ccc2C(=O)NS(=O)(=O)c2ccc(NCC3CCOCC3)c([N+](=O)[O-])c2)cc1Cl. The van der Waals surface area contributed by atoms with Crippen molar-refractivity contribution in [1.29, 1.82) is 0 Å². The number of carbonyl (C=O) groups is 1. The van der Waals surface area contributed by atoms with Crippen LogP contribution < -0.4 is 25.0 Å². The standard InChI is InChI=1S/C44H51Cl2N7O7S/c1-44(2)15-12-31(37(25-44)30-4-6-32(45)7-5-30)28-51-16-18-52(19-17-51)33-8-10-36(41(22-33)60-34-23-38(46)42(47-3)49-27-34)43(54)50-61(57,58)35-9-11-39(40(24-35)53(55)56)48-26-29-13-20-59-21-14-29/h4-11,22-24,27,29,48H,12-21,25-26,28H2,1-3H3,(H,47,49)(H,50,54). The molecular formula is C44H51Cl2N7O7S. The van der Waals surface area contributed by atoms with Gasteiger partial charge in [-0.15, -0.1) is 0 Å². The summed E-state index contributed by atoms with van der Waals surface area (Å²) in [5, 5.41) is 19.0. The Morgan fingerprint density at radius 3 is 2.44 bits per heavy atom. The van der Waals surface area contributed by atoms with E-state index in [1.165, 1.54) is 41.1 Å². The zero-order chi connectivity index (χ0) is 43.3. The highest BCUT2D eigenvalue weighted by Gasteiger charge is 2.31. The minimum Gasteiger partial charge on any atom is -0.455 e. The number of pyridine rings is 1. The summed E-state index contributed by atoms with van der Waals surface area (Å²) in [5.74, 6) is 0.00818. The molecule has 1 aromatic heterocycles. The van der Waals surface area contributed by atoms with E-state index in [-0.39, 0.29) is 39.1 Å². The third-order valence-electron chi connectivity index (χ3n) is 11.6. The normalized spacial score (nSPS) is 17.5. The third-order valence-corrected chi connectivity index (χ3v) is 13.5. The highest BCUT2D eigenvalue weighted by Crippen LogP contribution is 2.43. The Morgan fingerprint density at radius 2 is 1.75 bits per heavy atom. The number of sulfonamides is 1. The molecule has 17 heteroatoms. The van der Waals surface area contributed by atoms with Crippen molar-refractivity contribution in [2.45, 2.75) is 50.8 Å². The van der Waals surface area contributed by atoms with Crippen LogP contribution in [0.15, 0.2) is 83.4 Å². The van der Waals surface area contributed by atoms with Crippen LogP contribution in [0.5, 0.6) is 11.5 Å². The largest absolute Gasteiger partial charge is 0.455 e. The van der Waals surface area contributed by atoms with Gasteiger partial charge in [0.2, 0.25) is 0 Å². The molecule has 7 rings (SSSR count). The molecule has 1 amide bonds. The van der Waals surface area contributed by atoms with Gasteiger partial charge in [0.1, 0.15) is 23.0 Å². The maximum Gasteiger partial charge on any atom is 0.293 e. The second kappa shape index (κ2) is 19.0.